The van der Waals surface area contributed by atoms with Gasteiger partial charge in [-0.1, -0.05) is 11.6 Å². The lowest BCUT2D eigenvalue weighted by Gasteiger charge is -2.28. The minimum Gasteiger partial charge on any atom is -0.325 e. The summed E-state index contributed by atoms with van der Waals surface area (Å²) in [6, 6.07) is 2.99. The average Bonchev–Trinajstić information content (AvgIpc) is 3.28. The standard InChI is InChI=1S/C19H21ClN6O2/c1-12-8-14(20)15(22-10-12)11-25-19(28)26-16(5-2-6-17(26)23-25)18(27)24-7-3-4-13(24)9-21/h8,10,13,16H,2-7,11H2,1H3/t13-,16-/m0/s1. The van der Waals surface area contributed by atoms with E-state index in [1.165, 1.54) is 9.25 Å². The number of aromatic nitrogens is 4. The lowest BCUT2D eigenvalue weighted by molar-refractivity contribution is -0.135. The SMILES string of the molecule is Cc1cnc(Cn2nc3n(c2=O)[C@H](C(=O)N2CCC[C@H]2C#N)CCC3)c(Cl)c1. The molecular formula is C19H21ClN6O2. The van der Waals surface area contributed by atoms with Crippen molar-refractivity contribution in [2.75, 3.05) is 6.54 Å². The molecule has 0 bridgehead atoms. The number of amides is 1. The maximum atomic E-state index is 13.1. The van der Waals surface area contributed by atoms with Gasteiger partial charge >= 0.3 is 5.69 Å². The first-order chi connectivity index (χ1) is 13.5. The summed E-state index contributed by atoms with van der Waals surface area (Å²) in [6.07, 6.45) is 5.20. The van der Waals surface area contributed by atoms with Crippen molar-refractivity contribution in [3.63, 3.8) is 0 Å². The first kappa shape index (κ1) is 18.7. The number of aryl methyl sites for hydroxylation is 2. The predicted octanol–water partition coefficient (Wildman–Crippen LogP) is 1.84. The van der Waals surface area contributed by atoms with Crippen LogP contribution in [0.4, 0.5) is 0 Å². The van der Waals surface area contributed by atoms with Crippen LogP contribution in [0.2, 0.25) is 5.02 Å². The largest absolute Gasteiger partial charge is 0.347 e. The molecule has 2 atom stereocenters. The Morgan fingerprint density at radius 2 is 2.21 bits per heavy atom. The van der Waals surface area contributed by atoms with Crippen molar-refractivity contribution in [2.24, 2.45) is 0 Å². The van der Waals surface area contributed by atoms with Crippen molar-refractivity contribution in [2.45, 2.75) is 57.7 Å². The maximum Gasteiger partial charge on any atom is 0.347 e. The minimum absolute atomic E-state index is 0.154. The number of pyridine rings is 1. The van der Waals surface area contributed by atoms with Crippen LogP contribution in [-0.4, -0.2) is 42.7 Å². The van der Waals surface area contributed by atoms with Gasteiger partial charge in [0.1, 0.15) is 17.9 Å². The number of likely N-dealkylation sites (tertiary alicyclic amines) is 1. The van der Waals surface area contributed by atoms with Gasteiger partial charge in [-0.3, -0.25) is 14.3 Å². The number of fused-ring (bicyclic) bond motifs is 1. The van der Waals surface area contributed by atoms with Crippen molar-refractivity contribution in [3.05, 3.63) is 44.9 Å². The highest BCUT2D eigenvalue weighted by Crippen LogP contribution is 2.28. The highest BCUT2D eigenvalue weighted by molar-refractivity contribution is 6.31. The average molecular weight is 401 g/mol. The van der Waals surface area contributed by atoms with Gasteiger partial charge in [-0.2, -0.15) is 10.4 Å². The monoisotopic (exact) mass is 400 g/mol. The summed E-state index contributed by atoms with van der Waals surface area (Å²) in [5, 5.41) is 14.2. The number of carbonyl (C=O) groups is 1. The van der Waals surface area contributed by atoms with Gasteiger partial charge in [0.25, 0.3) is 0 Å². The van der Waals surface area contributed by atoms with Gasteiger partial charge in [0.05, 0.1) is 23.3 Å². The first-order valence-corrected chi connectivity index (χ1v) is 9.86. The molecule has 0 aliphatic carbocycles. The number of hydrogen-bond donors (Lipinski definition) is 0. The van der Waals surface area contributed by atoms with E-state index in [0.29, 0.717) is 42.3 Å². The summed E-state index contributed by atoms with van der Waals surface area (Å²) in [6.45, 7) is 2.62. The molecule has 1 fully saturated rings. The third kappa shape index (κ3) is 3.20. The van der Waals surface area contributed by atoms with Gasteiger partial charge < -0.3 is 4.90 Å². The fraction of sp³-hybridized carbons (Fsp3) is 0.526. The van der Waals surface area contributed by atoms with Crippen LogP contribution < -0.4 is 5.69 Å². The maximum absolute atomic E-state index is 13.1. The van der Waals surface area contributed by atoms with Crippen LogP contribution in [0.25, 0.3) is 0 Å². The second-order valence-electron chi connectivity index (χ2n) is 7.39. The first-order valence-electron chi connectivity index (χ1n) is 9.49. The summed E-state index contributed by atoms with van der Waals surface area (Å²) < 4.78 is 2.83. The van der Waals surface area contributed by atoms with Crippen LogP contribution in [0.5, 0.6) is 0 Å². The molecule has 28 heavy (non-hydrogen) atoms. The molecule has 2 aromatic rings. The van der Waals surface area contributed by atoms with E-state index in [1.54, 1.807) is 17.2 Å². The molecule has 0 spiro atoms. The van der Waals surface area contributed by atoms with Gasteiger partial charge in [0.15, 0.2) is 0 Å². The van der Waals surface area contributed by atoms with Gasteiger partial charge in [-0.05, 0) is 44.2 Å². The van der Waals surface area contributed by atoms with E-state index < -0.39 is 12.1 Å². The second kappa shape index (κ2) is 7.40. The fourth-order valence-corrected chi connectivity index (χ4v) is 4.33. The molecule has 8 nitrogen and oxygen atoms in total. The van der Waals surface area contributed by atoms with Crippen LogP contribution in [0.3, 0.4) is 0 Å². The Kier molecular flexibility index (Phi) is 4.94. The molecule has 0 N–H and O–H groups in total. The minimum atomic E-state index is -0.597. The lowest BCUT2D eigenvalue weighted by atomic mass is 10.0. The number of halogens is 1. The molecule has 0 saturated carbocycles. The molecule has 4 heterocycles. The van der Waals surface area contributed by atoms with Gasteiger partial charge in [-0.15, -0.1) is 0 Å². The summed E-state index contributed by atoms with van der Waals surface area (Å²) in [5.74, 6) is 0.448. The molecule has 4 rings (SSSR count). The highest BCUT2D eigenvalue weighted by Gasteiger charge is 2.37. The third-order valence-electron chi connectivity index (χ3n) is 5.45. The van der Waals surface area contributed by atoms with Crippen molar-refractivity contribution in [3.8, 4) is 6.07 Å². The van der Waals surface area contributed by atoms with E-state index >= 15 is 0 Å². The van der Waals surface area contributed by atoms with E-state index in [0.717, 1.165) is 18.4 Å². The van der Waals surface area contributed by atoms with Crippen LogP contribution in [0, 0.1) is 18.3 Å². The number of carbonyl (C=O) groups excluding carboxylic acids is 1. The zero-order valence-electron chi connectivity index (χ0n) is 15.6. The Labute approximate surface area is 167 Å². The lowest BCUT2D eigenvalue weighted by Crippen LogP contribution is -2.44. The van der Waals surface area contributed by atoms with Crippen molar-refractivity contribution >= 4 is 17.5 Å². The summed E-state index contributed by atoms with van der Waals surface area (Å²) in [5.41, 5.74) is 1.17. The zero-order valence-corrected chi connectivity index (χ0v) is 16.4. The highest BCUT2D eigenvalue weighted by atomic mass is 35.5. The molecule has 0 aromatic carbocycles. The smallest absolute Gasteiger partial charge is 0.325 e. The number of rotatable bonds is 3. The number of nitrogens with zero attached hydrogens (tertiary/aromatic N) is 6. The Morgan fingerprint density at radius 3 is 2.96 bits per heavy atom. The number of nitriles is 1. The Hall–Kier alpha value is -2.66. The van der Waals surface area contributed by atoms with Gasteiger partial charge in [0, 0.05) is 19.2 Å². The van der Waals surface area contributed by atoms with Crippen molar-refractivity contribution < 1.29 is 4.79 Å². The molecule has 2 aromatic heterocycles. The fourth-order valence-electron chi connectivity index (χ4n) is 4.04. The molecule has 2 aliphatic rings. The molecule has 1 amide bonds. The molecule has 146 valence electrons. The van der Waals surface area contributed by atoms with Crippen LogP contribution >= 0.6 is 11.6 Å². The molecule has 0 radical (unpaired) electrons. The normalized spacial score (nSPS) is 21.4. The molecule has 0 unspecified atom stereocenters. The second-order valence-corrected chi connectivity index (χ2v) is 7.80. The predicted molar refractivity (Wildman–Crippen MR) is 102 cm³/mol. The van der Waals surface area contributed by atoms with Crippen LogP contribution in [0.15, 0.2) is 17.1 Å². The zero-order chi connectivity index (χ0) is 19.8. The summed E-state index contributed by atoms with van der Waals surface area (Å²) in [4.78, 5) is 32.0. The molecular weight excluding hydrogens is 380 g/mol. The molecule has 2 aliphatic heterocycles. The van der Waals surface area contributed by atoms with E-state index in [4.69, 9.17) is 11.6 Å². The van der Waals surface area contributed by atoms with Crippen LogP contribution in [0.1, 0.15) is 48.8 Å². The van der Waals surface area contributed by atoms with E-state index in [1.807, 2.05) is 6.92 Å². The van der Waals surface area contributed by atoms with Crippen LogP contribution in [-0.2, 0) is 17.8 Å². The topological polar surface area (TPSA) is 96.8 Å². The molecule has 9 heteroatoms. The van der Waals surface area contributed by atoms with E-state index in [2.05, 4.69) is 16.2 Å². The van der Waals surface area contributed by atoms with E-state index in [9.17, 15) is 14.9 Å². The Morgan fingerprint density at radius 1 is 1.39 bits per heavy atom. The number of hydrogen-bond acceptors (Lipinski definition) is 5. The third-order valence-corrected chi connectivity index (χ3v) is 5.78. The Balaban J connectivity index is 1.66. The molecule has 1 saturated heterocycles. The summed E-state index contributed by atoms with van der Waals surface area (Å²) >= 11 is 6.25. The summed E-state index contributed by atoms with van der Waals surface area (Å²) in [7, 11) is 0. The van der Waals surface area contributed by atoms with Gasteiger partial charge in [0.2, 0.25) is 5.91 Å². The quantitative estimate of drug-likeness (QED) is 0.783. The Bertz CT molecular complexity index is 1020. The van der Waals surface area contributed by atoms with E-state index in [-0.39, 0.29) is 18.1 Å². The van der Waals surface area contributed by atoms with Crippen molar-refractivity contribution in [1.29, 1.82) is 5.26 Å². The van der Waals surface area contributed by atoms with Crippen molar-refractivity contribution in [1.82, 2.24) is 24.2 Å². The van der Waals surface area contributed by atoms with Gasteiger partial charge in [-0.25, -0.2) is 9.48 Å².